The van der Waals surface area contributed by atoms with Gasteiger partial charge in [0.2, 0.25) is 0 Å². The van der Waals surface area contributed by atoms with E-state index in [1.165, 1.54) is 12.2 Å². The molecular weight excluding hydrogens is 305 g/mol. The lowest BCUT2D eigenvalue weighted by Crippen LogP contribution is -2.01. The summed E-state index contributed by atoms with van der Waals surface area (Å²) < 4.78 is 18.8. The van der Waals surface area contributed by atoms with Crippen LogP contribution in [0.4, 0.5) is 4.39 Å². The molecule has 1 N–H and O–H groups in total. The number of H-pyrrole nitrogens is 1. The lowest BCUT2D eigenvalue weighted by atomic mass is 10.1. The largest absolute Gasteiger partial charge is 0.458 e. The zero-order valence-corrected chi connectivity index (χ0v) is 14.0. The van der Waals surface area contributed by atoms with E-state index in [9.17, 15) is 9.18 Å². The van der Waals surface area contributed by atoms with E-state index >= 15 is 0 Å². The van der Waals surface area contributed by atoms with E-state index in [1.54, 1.807) is 43.3 Å². The van der Waals surface area contributed by atoms with Crippen LogP contribution in [0.2, 0.25) is 0 Å². The predicted molar refractivity (Wildman–Crippen MR) is 95.6 cm³/mol. The van der Waals surface area contributed by atoms with Gasteiger partial charge in [-0.1, -0.05) is 6.08 Å². The van der Waals surface area contributed by atoms with Crippen molar-refractivity contribution in [2.45, 2.75) is 20.8 Å². The van der Waals surface area contributed by atoms with Crippen molar-refractivity contribution in [3.63, 3.8) is 0 Å². The quantitative estimate of drug-likeness (QED) is 0.616. The minimum atomic E-state index is -0.323. The highest BCUT2D eigenvalue weighted by Crippen LogP contribution is 2.22. The zero-order valence-electron chi connectivity index (χ0n) is 14.0. The van der Waals surface area contributed by atoms with Crippen molar-refractivity contribution in [1.82, 2.24) is 4.98 Å². The number of hydrogen-bond acceptors (Lipinski definition) is 2. The summed E-state index contributed by atoms with van der Waals surface area (Å²) in [4.78, 5) is 14.8. The maximum atomic E-state index is 13.1. The van der Waals surface area contributed by atoms with Crippen LogP contribution in [0.25, 0.3) is 11.3 Å². The summed E-state index contributed by atoms with van der Waals surface area (Å²) in [7, 11) is 0. The van der Waals surface area contributed by atoms with Crippen molar-refractivity contribution in [3.8, 4) is 17.0 Å². The van der Waals surface area contributed by atoms with E-state index in [1.807, 2.05) is 26.0 Å². The maximum Gasteiger partial charge on any atom is 0.182 e. The van der Waals surface area contributed by atoms with Crippen LogP contribution in [0.1, 0.15) is 19.5 Å². The smallest absolute Gasteiger partial charge is 0.182 e. The number of allylic oxidation sites excluding steroid dienone is 5. The Bertz CT molecular complexity index is 843. The molecule has 0 aliphatic rings. The fraction of sp³-hybridized carbons (Fsp3) is 0.150. The SMILES string of the molecule is C\C=C(F)/C=C\C(=C/C)Oc1ccc(-c2cc(=O)cc(C)[nH]2)cc1. The van der Waals surface area contributed by atoms with Gasteiger partial charge in [-0.25, -0.2) is 4.39 Å². The normalized spacial score (nSPS) is 12.7. The molecule has 0 aliphatic heterocycles. The molecule has 0 amide bonds. The Balaban J connectivity index is 2.17. The molecule has 2 aromatic rings. The number of pyridine rings is 1. The molecule has 1 aromatic heterocycles. The number of benzene rings is 1. The number of nitrogens with one attached hydrogen (secondary N) is 1. The topological polar surface area (TPSA) is 42.1 Å². The number of hydrogen-bond donors (Lipinski definition) is 1. The highest BCUT2D eigenvalue weighted by Gasteiger charge is 2.02. The van der Waals surface area contributed by atoms with Crippen molar-refractivity contribution < 1.29 is 9.13 Å². The number of ether oxygens (including phenoxy) is 1. The first-order valence-corrected chi connectivity index (χ1v) is 7.67. The molecule has 0 saturated heterocycles. The van der Waals surface area contributed by atoms with Gasteiger partial charge in [-0.05, 0) is 68.8 Å². The van der Waals surface area contributed by atoms with Gasteiger partial charge in [0.1, 0.15) is 17.3 Å². The second-order valence-electron chi connectivity index (χ2n) is 5.24. The Morgan fingerprint density at radius 2 is 1.79 bits per heavy atom. The molecule has 0 unspecified atom stereocenters. The second-order valence-corrected chi connectivity index (χ2v) is 5.24. The van der Waals surface area contributed by atoms with Crippen molar-refractivity contribution in [2.24, 2.45) is 0 Å². The molecule has 24 heavy (non-hydrogen) atoms. The highest BCUT2D eigenvalue weighted by molar-refractivity contribution is 5.60. The second kappa shape index (κ2) is 8.11. The first-order chi connectivity index (χ1) is 11.5. The van der Waals surface area contributed by atoms with Gasteiger partial charge >= 0.3 is 0 Å². The molecule has 124 valence electrons. The van der Waals surface area contributed by atoms with E-state index < -0.39 is 0 Å². The van der Waals surface area contributed by atoms with Gasteiger partial charge < -0.3 is 9.72 Å². The molecule has 0 spiro atoms. The molecule has 0 aliphatic carbocycles. The number of aromatic nitrogens is 1. The Labute approximate surface area is 140 Å². The van der Waals surface area contributed by atoms with Gasteiger partial charge in [-0.15, -0.1) is 0 Å². The third-order valence-electron chi connectivity index (χ3n) is 3.35. The van der Waals surface area contributed by atoms with Gasteiger partial charge in [0, 0.05) is 23.5 Å². The summed E-state index contributed by atoms with van der Waals surface area (Å²) in [6.07, 6.45) is 6.05. The number of aryl methyl sites for hydroxylation is 1. The first-order valence-electron chi connectivity index (χ1n) is 7.67. The third kappa shape index (κ3) is 4.81. The molecule has 3 nitrogen and oxygen atoms in total. The predicted octanol–water partition coefficient (Wildman–Crippen LogP) is 5.06. The average Bonchev–Trinajstić information content (AvgIpc) is 2.57. The summed E-state index contributed by atoms with van der Waals surface area (Å²) in [5, 5.41) is 0. The molecule has 0 bridgehead atoms. The van der Waals surface area contributed by atoms with E-state index in [-0.39, 0.29) is 11.3 Å². The lowest BCUT2D eigenvalue weighted by molar-refractivity contribution is 0.443. The molecule has 1 heterocycles. The molecule has 4 heteroatoms. The molecule has 0 atom stereocenters. The van der Waals surface area contributed by atoms with Gasteiger partial charge in [0.05, 0.1) is 0 Å². The third-order valence-corrected chi connectivity index (χ3v) is 3.35. The fourth-order valence-electron chi connectivity index (χ4n) is 2.12. The molecule has 0 radical (unpaired) electrons. The maximum absolute atomic E-state index is 13.1. The Kier molecular flexibility index (Phi) is 5.90. The summed E-state index contributed by atoms with van der Waals surface area (Å²) >= 11 is 0. The van der Waals surface area contributed by atoms with Crippen LogP contribution >= 0.6 is 0 Å². The number of halogens is 1. The Morgan fingerprint density at radius 1 is 1.08 bits per heavy atom. The van der Waals surface area contributed by atoms with Gasteiger partial charge in [-0.2, -0.15) is 0 Å². The summed E-state index contributed by atoms with van der Waals surface area (Å²) in [6, 6.07) is 10.4. The standard InChI is InChI=1S/C20H20FNO2/c1-4-16(21)8-11-18(5-2)24-19-9-6-15(7-10-19)20-13-17(23)12-14(3)22-20/h4-13H,1-3H3,(H,22,23)/b11-8-,16-4+,18-5+. The minimum absolute atomic E-state index is 0.0334. The zero-order chi connectivity index (χ0) is 17.5. The molecule has 0 saturated carbocycles. The molecule has 2 rings (SSSR count). The summed E-state index contributed by atoms with van der Waals surface area (Å²) in [5.41, 5.74) is 2.42. The number of rotatable bonds is 5. The molecular formula is C20H20FNO2. The lowest BCUT2D eigenvalue weighted by Gasteiger charge is -2.08. The molecule has 1 aromatic carbocycles. The van der Waals surface area contributed by atoms with E-state index in [4.69, 9.17) is 4.74 Å². The molecule has 0 fully saturated rings. The van der Waals surface area contributed by atoms with Gasteiger partial charge in [0.25, 0.3) is 0 Å². The summed E-state index contributed by atoms with van der Waals surface area (Å²) in [5.74, 6) is 0.854. The number of aromatic amines is 1. The van der Waals surface area contributed by atoms with Crippen molar-refractivity contribution in [3.05, 3.63) is 88.2 Å². The van der Waals surface area contributed by atoms with Gasteiger partial charge in [-0.3, -0.25) is 4.79 Å². The van der Waals surface area contributed by atoms with Crippen LogP contribution in [0, 0.1) is 6.92 Å². The van der Waals surface area contributed by atoms with Gasteiger partial charge in [0.15, 0.2) is 5.43 Å². The van der Waals surface area contributed by atoms with Crippen LogP contribution < -0.4 is 10.2 Å². The van der Waals surface area contributed by atoms with E-state index in [0.717, 1.165) is 17.0 Å². The van der Waals surface area contributed by atoms with Crippen LogP contribution in [-0.4, -0.2) is 4.98 Å². The minimum Gasteiger partial charge on any atom is -0.458 e. The highest BCUT2D eigenvalue weighted by atomic mass is 19.1. The van der Waals surface area contributed by atoms with Crippen molar-refractivity contribution >= 4 is 0 Å². The van der Waals surface area contributed by atoms with Crippen LogP contribution in [-0.2, 0) is 0 Å². The van der Waals surface area contributed by atoms with Crippen LogP contribution in [0.5, 0.6) is 5.75 Å². The van der Waals surface area contributed by atoms with E-state index in [2.05, 4.69) is 4.98 Å². The van der Waals surface area contributed by atoms with E-state index in [0.29, 0.717) is 11.5 Å². The first kappa shape index (κ1) is 17.5. The monoisotopic (exact) mass is 325 g/mol. The average molecular weight is 325 g/mol. The van der Waals surface area contributed by atoms with Crippen molar-refractivity contribution in [1.29, 1.82) is 0 Å². The van der Waals surface area contributed by atoms with Crippen molar-refractivity contribution in [2.75, 3.05) is 0 Å². The Morgan fingerprint density at radius 3 is 2.38 bits per heavy atom. The fourth-order valence-corrected chi connectivity index (χ4v) is 2.12. The Hall–Kier alpha value is -2.88. The van der Waals surface area contributed by atoms with Crippen LogP contribution in [0.3, 0.4) is 0 Å². The van der Waals surface area contributed by atoms with Crippen LogP contribution in [0.15, 0.2) is 77.1 Å². The summed E-state index contributed by atoms with van der Waals surface area (Å²) in [6.45, 7) is 5.29.